The quantitative estimate of drug-likeness (QED) is 0.462. The van der Waals surface area contributed by atoms with E-state index in [-0.39, 0.29) is 28.0 Å². The second-order valence-electron chi connectivity index (χ2n) is 5.97. The molecule has 10 nitrogen and oxygen atoms in total. The Hall–Kier alpha value is -4.05. The van der Waals surface area contributed by atoms with Crippen LogP contribution in [0.15, 0.2) is 54.9 Å². The fourth-order valence-electron chi connectivity index (χ4n) is 2.35. The Labute approximate surface area is 175 Å². The highest BCUT2D eigenvalue weighted by atomic mass is 35.5. The molecule has 0 radical (unpaired) electrons. The molecule has 0 aliphatic rings. The SMILES string of the molecule is Cc1cnc(Oc2ccc(NC(=O)NC(=O)c3ccccc3[N+](=O)[O-])cc2Cl)nc1. The summed E-state index contributed by atoms with van der Waals surface area (Å²) in [6.45, 7) is 1.84. The molecule has 2 N–H and O–H groups in total. The molecule has 0 saturated carbocycles. The number of benzene rings is 2. The molecule has 0 atom stereocenters. The van der Waals surface area contributed by atoms with Gasteiger partial charge in [0.1, 0.15) is 11.3 Å². The van der Waals surface area contributed by atoms with Crippen LogP contribution in [0.5, 0.6) is 11.8 Å². The molecule has 0 unspecified atom stereocenters. The Balaban J connectivity index is 1.65. The number of aryl methyl sites for hydroxylation is 1. The number of nitrogens with zero attached hydrogens (tertiary/aromatic N) is 3. The van der Waals surface area contributed by atoms with E-state index in [2.05, 4.69) is 15.3 Å². The molecule has 0 bridgehead atoms. The number of amides is 3. The van der Waals surface area contributed by atoms with Crippen LogP contribution < -0.4 is 15.4 Å². The molecular weight excluding hydrogens is 414 g/mol. The number of halogens is 1. The van der Waals surface area contributed by atoms with Crippen molar-refractivity contribution in [2.75, 3.05) is 5.32 Å². The van der Waals surface area contributed by atoms with Crippen LogP contribution >= 0.6 is 11.6 Å². The molecule has 0 fully saturated rings. The number of imide groups is 1. The van der Waals surface area contributed by atoms with Gasteiger partial charge in [0.2, 0.25) is 0 Å². The molecule has 1 heterocycles. The summed E-state index contributed by atoms with van der Waals surface area (Å²) < 4.78 is 5.48. The maximum absolute atomic E-state index is 12.2. The fourth-order valence-corrected chi connectivity index (χ4v) is 2.57. The summed E-state index contributed by atoms with van der Waals surface area (Å²) >= 11 is 6.16. The van der Waals surface area contributed by atoms with Crippen molar-refractivity contribution < 1.29 is 19.2 Å². The summed E-state index contributed by atoms with van der Waals surface area (Å²) in [6, 6.07) is 8.90. The van der Waals surface area contributed by atoms with Crippen molar-refractivity contribution >= 4 is 34.9 Å². The molecule has 1 aromatic heterocycles. The van der Waals surface area contributed by atoms with Crippen molar-refractivity contribution in [3.05, 3.63) is 81.1 Å². The zero-order chi connectivity index (χ0) is 21.7. The van der Waals surface area contributed by atoms with Crippen molar-refractivity contribution in [1.82, 2.24) is 15.3 Å². The molecule has 3 rings (SSSR count). The Kier molecular flexibility index (Phi) is 6.18. The first-order valence-electron chi connectivity index (χ1n) is 8.45. The van der Waals surface area contributed by atoms with Gasteiger partial charge in [-0.05, 0) is 36.8 Å². The van der Waals surface area contributed by atoms with E-state index in [1.807, 2.05) is 12.2 Å². The number of nitrogens with one attached hydrogen (secondary N) is 2. The van der Waals surface area contributed by atoms with Gasteiger partial charge in [-0.1, -0.05) is 23.7 Å². The maximum Gasteiger partial charge on any atom is 0.326 e. The van der Waals surface area contributed by atoms with Crippen LogP contribution in [0.4, 0.5) is 16.2 Å². The lowest BCUT2D eigenvalue weighted by Crippen LogP contribution is -2.34. The molecule has 0 saturated heterocycles. The number of anilines is 1. The van der Waals surface area contributed by atoms with Crippen molar-refractivity contribution in [3.63, 3.8) is 0 Å². The van der Waals surface area contributed by atoms with Crippen molar-refractivity contribution in [2.45, 2.75) is 6.92 Å². The van der Waals surface area contributed by atoms with Crippen LogP contribution in [0.3, 0.4) is 0 Å². The number of hydrogen-bond donors (Lipinski definition) is 2. The van der Waals surface area contributed by atoms with Crippen molar-refractivity contribution in [3.8, 4) is 11.8 Å². The fraction of sp³-hybridized carbons (Fsp3) is 0.0526. The van der Waals surface area contributed by atoms with Crippen LogP contribution in [0.25, 0.3) is 0 Å². The van der Waals surface area contributed by atoms with E-state index in [0.717, 1.165) is 5.56 Å². The molecule has 0 aliphatic carbocycles. The molecule has 0 aliphatic heterocycles. The van der Waals surface area contributed by atoms with Crippen LogP contribution in [0, 0.1) is 17.0 Å². The molecular formula is C19H14ClN5O5. The number of urea groups is 1. The average molecular weight is 428 g/mol. The Morgan fingerprint density at radius 1 is 1.13 bits per heavy atom. The number of para-hydroxylation sites is 1. The van der Waals surface area contributed by atoms with Crippen molar-refractivity contribution in [2.24, 2.45) is 0 Å². The molecule has 3 amide bonds. The van der Waals surface area contributed by atoms with E-state index in [4.69, 9.17) is 16.3 Å². The number of carbonyl (C=O) groups excluding carboxylic acids is 2. The number of rotatable bonds is 5. The zero-order valence-electron chi connectivity index (χ0n) is 15.5. The van der Waals surface area contributed by atoms with Crippen LogP contribution in [-0.2, 0) is 0 Å². The van der Waals surface area contributed by atoms with Gasteiger partial charge in [-0.25, -0.2) is 14.8 Å². The van der Waals surface area contributed by atoms with E-state index in [9.17, 15) is 19.7 Å². The van der Waals surface area contributed by atoms with Gasteiger partial charge in [-0.15, -0.1) is 0 Å². The number of hydrogen-bond acceptors (Lipinski definition) is 7. The number of carbonyl (C=O) groups is 2. The van der Waals surface area contributed by atoms with Gasteiger partial charge in [0.05, 0.1) is 9.95 Å². The van der Waals surface area contributed by atoms with Crippen molar-refractivity contribution in [1.29, 1.82) is 0 Å². The van der Waals surface area contributed by atoms with Gasteiger partial charge < -0.3 is 10.1 Å². The molecule has 11 heteroatoms. The molecule has 0 spiro atoms. The first kappa shape index (κ1) is 20.7. The zero-order valence-corrected chi connectivity index (χ0v) is 16.2. The van der Waals surface area contributed by atoms with Gasteiger partial charge in [-0.2, -0.15) is 0 Å². The normalized spacial score (nSPS) is 10.2. The van der Waals surface area contributed by atoms with E-state index >= 15 is 0 Å². The molecule has 3 aromatic rings. The summed E-state index contributed by atoms with van der Waals surface area (Å²) in [6.07, 6.45) is 3.18. The maximum atomic E-state index is 12.2. The Bertz CT molecular complexity index is 1120. The second kappa shape index (κ2) is 8.97. The van der Waals surface area contributed by atoms with Gasteiger partial charge in [0, 0.05) is 24.1 Å². The van der Waals surface area contributed by atoms with E-state index in [1.165, 1.54) is 42.5 Å². The Morgan fingerprint density at radius 2 is 1.83 bits per heavy atom. The lowest BCUT2D eigenvalue weighted by atomic mass is 10.1. The monoisotopic (exact) mass is 427 g/mol. The third kappa shape index (κ3) is 5.06. The average Bonchev–Trinajstić information content (AvgIpc) is 2.71. The predicted molar refractivity (Wildman–Crippen MR) is 108 cm³/mol. The third-order valence-electron chi connectivity index (χ3n) is 3.72. The van der Waals surface area contributed by atoms with Crippen LogP contribution in [-0.4, -0.2) is 26.8 Å². The number of ether oxygens (including phenoxy) is 1. The standard InChI is InChI=1S/C19H14ClN5O5/c1-11-9-21-19(22-10-11)30-16-7-6-12(8-14(16)20)23-18(27)24-17(26)13-4-2-3-5-15(13)25(28)29/h2-10H,1H3,(H2,23,24,26,27). The Morgan fingerprint density at radius 3 is 2.50 bits per heavy atom. The van der Waals surface area contributed by atoms with Crippen LogP contribution in [0.2, 0.25) is 5.02 Å². The molecule has 30 heavy (non-hydrogen) atoms. The highest BCUT2D eigenvalue weighted by molar-refractivity contribution is 6.32. The summed E-state index contributed by atoms with van der Waals surface area (Å²) in [5.74, 6) is -0.648. The van der Waals surface area contributed by atoms with E-state index in [0.29, 0.717) is 0 Å². The first-order valence-corrected chi connectivity index (χ1v) is 8.83. The molecule has 2 aromatic carbocycles. The third-order valence-corrected chi connectivity index (χ3v) is 4.02. The van der Waals surface area contributed by atoms with Gasteiger partial charge in [0.25, 0.3) is 11.6 Å². The predicted octanol–water partition coefficient (Wildman–Crippen LogP) is 4.10. The lowest BCUT2D eigenvalue weighted by molar-refractivity contribution is -0.385. The summed E-state index contributed by atoms with van der Waals surface area (Å²) in [5, 5.41) is 15.6. The summed E-state index contributed by atoms with van der Waals surface area (Å²) in [7, 11) is 0. The second-order valence-corrected chi connectivity index (χ2v) is 6.38. The topological polar surface area (TPSA) is 136 Å². The molecule has 152 valence electrons. The van der Waals surface area contributed by atoms with Gasteiger partial charge in [0.15, 0.2) is 0 Å². The smallest absolute Gasteiger partial charge is 0.326 e. The first-order chi connectivity index (χ1) is 14.3. The largest absolute Gasteiger partial charge is 0.423 e. The number of nitro benzene ring substituents is 1. The van der Waals surface area contributed by atoms with Gasteiger partial charge in [-0.3, -0.25) is 20.2 Å². The van der Waals surface area contributed by atoms with Gasteiger partial charge >= 0.3 is 12.0 Å². The highest BCUT2D eigenvalue weighted by Gasteiger charge is 2.21. The van der Waals surface area contributed by atoms with E-state index < -0.39 is 22.5 Å². The summed E-state index contributed by atoms with van der Waals surface area (Å²) in [5.41, 5.74) is 0.489. The minimum Gasteiger partial charge on any atom is -0.423 e. The number of aromatic nitrogens is 2. The minimum atomic E-state index is -0.914. The highest BCUT2D eigenvalue weighted by Crippen LogP contribution is 2.30. The van der Waals surface area contributed by atoms with Crippen LogP contribution in [0.1, 0.15) is 15.9 Å². The lowest BCUT2D eigenvalue weighted by Gasteiger charge is -2.10. The summed E-state index contributed by atoms with van der Waals surface area (Å²) in [4.78, 5) is 42.6. The number of nitro groups is 1. The van der Waals surface area contributed by atoms with E-state index in [1.54, 1.807) is 12.4 Å². The minimum absolute atomic E-state index is 0.107.